The van der Waals surface area contributed by atoms with Gasteiger partial charge in [-0.15, -0.1) is 0 Å². The molecule has 0 saturated heterocycles. The average Bonchev–Trinajstić information content (AvgIpc) is 2.87. The molecule has 2 nitrogen and oxygen atoms in total. The van der Waals surface area contributed by atoms with Crippen LogP contribution in [-0.2, 0) is 16.7 Å². The molecular formula is C28H41BrO2. The third-order valence-corrected chi connectivity index (χ3v) is 6.82. The lowest BCUT2D eigenvalue weighted by molar-refractivity contribution is 0.0739. The smallest absolute Gasteiger partial charge is 0.0717 e. The minimum absolute atomic E-state index is 0.417. The number of hydrogen-bond acceptors (Lipinski definition) is 2. The van der Waals surface area contributed by atoms with Crippen LogP contribution in [0.15, 0.2) is 60.7 Å². The van der Waals surface area contributed by atoms with Gasteiger partial charge in [0, 0.05) is 18.5 Å². The number of rotatable bonds is 6. The first kappa shape index (κ1) is 26.1. The maximum absolute atomic E-state index is 8.69. The fraction of sp³-hybridized carbons (Fsp3) is 0.571. The SMILES string of the molecule is BrCc1ccccc1.OCC1CCCCC1.c1ccc(COCC2CCCCC2)cc1. The molecule has 0 spiro atoms. The van der Waals surface area contributed by atoms with Gasteiger partial charge < -0.3 is 9.84 Å². The van der Waals surface area contributed by atoms with Crippen molar-refractivity contribution in [3.63, 3.8) is 0 Å². The normalized spacial score (nSPS) is 17.1. The van der Waals surface area contributed by atoms with Crippen LogP contribution in [0, 0.1) is 11.8 Å². The zero-order valence-electron chi connectivity index (χ0n) is 19.1. The van der Waals surface area contributed by atoms with Gasteiger partial charge in [0.25, 0.3) is 0 Å². The van der Waals surface area contributed by atoms with E-state index in [1.807, 2.05) is 24.3 Å². The zero-order chi connectivity index (χ0) is 22.0. The highest BCUT2D eigenvalue weighted by molar-refractivity contribution is 9.08. The second kappa shape index (κ2) is 17.4. The first-order chi connectivity index (χ1) is 15.3. The Hall–Kier alpha value is -1.16. The quantitative estimate of drug-likeness (QED) is 0.418. The predicted octanol–water partition coefficient (Wildman–Crippen LogP) is 7.92. The van der Waals surface area contributed by atoms with E-state index in [0.29, 0.717) is 12.5 Å². The van der Waals surface area contributed by atoms with Crippen LogP contribution in [0.1, 0.15) is 75.3 Å². The second-order valence-corrected chi connectivity index (χ2v) is 9.37. The van der Waals surface area contributed by atoms with Gasteiger partial charge in [0.2, 0.25) is 0 Å². The summed E-state index contributed by atoms with van der Waals surface area (Å²) in [6, 6.07) is 20.7. The Morgan fingerprint density at radius 2 is 1.16 bits per heavy atom. The molecule has 1 N–H and O–H groups in total. The summed E-state index contributed by atoms with van der Waals surface area (Å²) in [7, 11) is 0. The van der Waals surface area contributed by atoms with Gasteiger partial charge in [-0.2, -0.15) is 0 Å². The topological polar surface area (TPSA) is 29.5 Å². The number of benzene rings is 2. The molecular weight excluding hydrogens is 448 g/mol. The van der Waals surface area contributed by atoms with Gasteiger partial charge in [0.15, 0.2) is 0 Å². The van der Waals surface area contributed by atoms with Crippen molar-refractivity contribution in [2.75, 3.05) is 13.2 Å². The third kappa shape index (κ3) is 12.5. The standard InChI is InChI=1S/C14H20O.C7H7Br.C7H14O/c1-3-7-13(8-4-1)11-15-12-14-9-5-2-6-10-14;2*8-6-7-4-2-1-3-5-7/h1,3-4,7-8,14H,2,5-6,9-12H2;1-5H,6H2;7-8H,1-6H2. The van der Waals surface area contributed by atoms with Crippen molar-refractivity contribution >= 4 is 15.9 Å². The molecule has 0 atom stereocenters. The molecule has 4 rings (SSSR count). The molecule has 0 aromatic heterocycles. The summed E-state index contributed by atoms with van der Waals surface area (Å²) in [5.41, 5.74) is 2.61. The largest absolute Gasteiger partial charge is 0.396 e. The fourth-order valence-corrected chi connectivity index (χ4v) is 4.58. The number of aliphatic hydroxyl groups excluding tert-OH is 1. The van der Waals surface area contributed by atoms with Gasteiger partial charge in [-0.25, -0.2) is 0 Å². The Bertz CT molecular complexity index is 635. The number of halogens is 1. The molecule has 2 aromatic rings. The molecule has 3 heteroatoms. The molecule has 0 bridgehead atoms. The molecule has 2 aliphatic rings. The lowest BCUT2D eigenvalue weighted by atomic mass is 9.90. The van der Waals surface area contributed by atoms with Crippen molar-refractivity contribution in [2.24, 2.45) is 11.8 Å². The van der Waals surface area contributed by atoms with Gasteiger partial charge in [-0.05, 0) is 48.6 Å². The second-order valence-electron chi connectivity index (χ2n) is 8.81. The van der Waals surface area contributed by atoms with Crippen LogP contribution in [-0.4, -0.2) is 18.3 Å². The average molecular weight is 490 g/mol. The van der Waals surface area contributed by atoms with Gasteiger partial charge in [-0.3, -0.25) is 0 Å². The molecule has 2 saturated carbocycles. The van der Waals surface area contributed by atoms with E-state index in [4.69, 9.17) is 9.84 Å². The van der Waals surface area contributed by atoms with E-state index in [9.17, 15) is 0 Å². The molecule has 0 amide bonds. The molecule has 0 aliphatic heterocycles. The number of hydrogen-bond donors (Lipinski definition) is 1. The van der Waals surface area contributed by atoms with E-state index in [1.54, 1.807) is 0 Å². The lowest BCUT2D eigenvalue weighted by Crippen LogP contribution is -2.13. The van der Waals surface area contributed by atoms with Crippen LogP contribution in [0.5, 0.6) is 0 Å². The Morgan fingerprint density at radius 3 is 1.58 bits per heavy atom. The number of ether oxygens (including phenoxy) is 1. The molecule has 2 aromatic carbocycles. The van der Waals surface area contributed by atoms with E-state index < -0.39 is 0 Å². The Kier molecular flexibility index (Phi) is 14.6. The molecule has 2 fully saturated rings. The van der Waals surface area contributed by atoms with Crippen LogP contribution in [0.2, 0.25) is 0 Å². The fourth-order valence-electron chi connectivity index (χ4n) is 4.21. The van der Waals surface area contributed by atoms with Crippen molar-refractivity contribution in [2.45, 2.75) is 76.1 Å². The molecule has 172 valence electrons. The molecule has 0 unspecified atom stereocenters. The molecule has 0 radical (unpaired) electrons. The molecule has 0 heterocycles. The van der Waals surface area contributed by atoms with Crippen LogP contribution >= 0.6 is 15.9 Å². The van der Waals surface area contributed by atoms with Crippen molar-refractivity contribution in [3.05, 3.63) is 71.8 Å². The van der Waals surface area contributed by atoms with Crippen LogP contribution in [0.4, 0.5) is 0 Å². The van der Waals surface area contributed by atoms with E-state index in [1.165, 1.54) is 75.3 Å². The highest BCUT2D eigenvalue weighted by Gasteiger charge is 2.13. The van der Waals surface area contributed by atoms with Crippen molar-refractivity contribution in [1.82, 2.24) is 0 Å². The molecule has 31 heavy (non-hydrogen) atoms. The maximum atomic E-state index is 8.69. The maximum Gasteiger partial charge on any atom is 0.0717 e. The van der Waals surface area contributed by atoms with Gasteiger partial charge in [0.1, 0.15) is 0 Å². The minimum Gasteiger partial charge on any atom is -0.396 e. The summed E-state index contributed by atoms with van der Waals surface area (Å²) in [6.07, 6.45) is 13.6. The Morgan fingerprint density at radius 1 is 0.677 bits per heavy atom. The van der Waals surface area contributed by atoms with E-state index in [2.05, 4.69) is 52.3 Å². The van der Waals surface area contributed by atoms with Crippen molar-refractivity contribution in [3.8, 4) is 0 Å². The molecule has 2 aliphatic carbocycles. The summed E-state index contributed by atoms with van der Waals surface area (Å²) in [5, 5.41) is 9.64. The lowest BCUT2D eigenvalue weighted by Gasteiger charge is -2.21. The highest BCUT2D eigenvalue weighted by atomic mass is 79.9. The predicted molar refractivity (Wildman–Crippen MR) is 135 cm³/mol. The Labute approximate surface area is 198 Å². The van der Waals surface area contributed by atoms with Gasteiger partial charge >= 0.3 is 0 Å². The summed E-state index contributed by atoms with van der Waals surface area (Å²) < 4.78 is 5.76. The van der Waals surface area contributed by atoms with Gasteiger partial charge in [-0.1, -0.05) is 115 Å². The van der Waals surface area contributed by atoms with E-state index in [0.717, 1.165) is 24.5 Å². The first-order valence-corrected chi connectivity index (χ1v) is 13.3. The third-order valence-electron chi connectivity index (χ3n) is 6.17. The summed E-state index contributed by atoms with van der Waals surface area (Å²) in [6.45, 7) is 2.15. The summed E-state index contributed by atoms with van der Waals surface area (Å²) >= 11 is 3.36. The minimum atomic E-state index is 0.417. The van der Waals surface area contributed by atoms with Crippen LogP contribution in [0.25, 0.3) is 0 Å². The van der Waals surface area contributed by atoms with Crippen LogP contribution in [0.3, 0.4) is 0 Å². The van der Waals surface area contributed by atoms with Gasteiger partial charge in [0.05, 0.1) is 6.61 Å². The summed E-state index contributed by atoms with van der Waals surface area (Å²) in [4.78, 5) is 0. The van der Waals surface area contributed by atoms with E-state index in [-0.39, 0.29) is 0 Å². The highest BCUT2D eigenvalue weighted by Crippen LogP contribution is 2.24. The zero-order valence-corrected chi connectivity index (χ0v) is 20.6. The van der Waals surface area contributed by atoms with Crippen LogP contribution < -0.4 is 0 Å². The van der Waals surface area contributed by atoms with E-state index >= 15 is 0 Å². The van der Waals surface area contributed by atoms with Crippen molar-refractivity contribution in [1.29, 1.82) is 0 Å². The first-order valence-electron chi connectivity index (χ1n) is 12.1. The number of alkyl halides is 1. The number of aliphatic hydroxyl groups is 1. The summed E-state index contributed by atoms with van der Waals surface area (Å²) in [5.74, 6) is 1.46. The van der Waals surface area contributed by atoms with Crippen molar-refractivity contribution < 1.29 is 9.84 Å². The monoisotopic (exact) mass is 488 g/mol. The Balaban J connectivity index is 0.000000181.